The molecule has 0 amide bonds. The summed E-state index contributed by atoms with van der Waals surface area (Å²) in [5.74, 6) is -2.35. The molecule has 0 bridgehead atoms. The van der Waals surface area contributed by atoms with E-state index in [2.05, 4.69) is 14.1 Å². The van der Waals surface area contributed by atoms with Gasteiger partial charge in [0.05, 0.1) is 0 Å². The van der Waals surface area contributed by atoms with Crippen molar-refractivity contribution in [1.82, 2.24) is 9.36 Å². The molecule has 0 unspecified atom stereocenters. The van der Waals surface area contributed by atoms with Crippen LogP contribution in [0.2, 0.25) is 0 Å². The molecular formula is C21H21F2N3O3S2. The van der Waals surface area contributed by atoms with Crippen molar-refractivity contribution in [2.45, 2.75) is 49.0 Å². The number of sulfonamides is 1. The topological polar surface area (TPSA) is 81.2 Å². The quantitative estimate of drug-likeness (QED) is 0.547. The van der Waals surface area contributed by atoms with Gasteiger partial charge in [-0.3, -0.25) is 4.72 Å². The maximum atomic E-state index is 14.9. The Morgan fingerprint density at radius 3 is 2.65 bits per heavy atom. The van der Waals surface area contributed by atoms with Gasteiger partial charge >= 0.3 is 0 Å². The van der Waals surface area contributed by atoms with Crippen LogP contribution in [-0.2, 0) is 10.0 Å². The standard InChI is InChI=1S/C21H21F2N3O3S2/c1-21(10-6-5-9-15(21)14-7-3-2-4-8-14)29-18-11-17(23)19(12-16(18)22)31(27,28)26-20-24-13-25-30-20/h2-4,7-8,11-13,15H,5-6,9-10H2,1H3,(H,24,25,26)/t15-,21+/m1/s1. The predicted octanol–water partition coefficient (Wildman–Crippen LogP) is 5.11. The molecule has 0 radical (unpaired) electrons. The average molecular weight is 466 g/mol. The van der Waals surface area contributed by atoms with Gasteiger partial charge in [-0.25, -0.2) is 22.2 Å². The number of hydrogen-bond acceptors (Lipinski definition) is 6. The summed E-state index contributed by atoms with van der Waals surface area (Å²) in [5.41, 5.74) is 0.323. The van der Waals surface area contributed by atoms with Crippen LogP contribution < -0.4 is 9.46 Å². The molecular weight excluding hydrogens is 444 g/mol. The highest BCUT2D eigenvalue weighted by atomic mass is 32.2. The predicted molar refractivity (Wildman–Crippen MR) is 114 cm³/mol. The zero-order valence-electron chi connectivity index (χ0n) is 16.7. The van der Waals surface area contributed by atoms with Crippen LogP contribution in [0.5, 0.6) is 5.75 Å². The van der Waals surface area contributed by atoms with Crippen molar-refractivity contribution >= 4 is 26.7 Å². The Balaban J connectivity index is 1.63. The van der Waals surface area contributed by atoms with E-state index in [1.54, 1.807) is 0 Å². The van der Waals surface area contributed by atoms with Crippen LogP contribution in [-0.4, -0.2) is 23.4 Å². The Morgan fingerprint density at radius 1 is 1.16 bits per heavy atom. The minimum Gasteiger partial charge on any atom is -0.484 e. The van der Waals surface area contributed by atoms with E-state index < -0.39 is 32.2 Å². The van der Waals surface area contributed by atoms with Crippen molar-refractivity contribution < 1.29 is 21.9 Å². The van der Waals surface area contributed by atoms with Gasteiger partial charge in [0.25, 0.3) is 10.0 Å². The number of halogens is 2. The summed E-state index contributed by atoms with van der Waals surface area (Å²) in [6, 6.07) is 11.2. The van der Waals surface area contributed by atoms with Crippen LogP contribution in [0, 0.1) is 11.6 Å². The lowest BCUT2D eigenvalue weighted by Crippen LogP contribution is -2.42. The zero-order chi connectivity index (χ0) is 22.1. The molecule has 4 rings (SSSR count). The maximum absolute atomic E-state index is 14.9. The van der Waals surface area contributed by atoms with Crippen LogP contribution in [0.15, 0.2) is 53.7 Å². The smallest absolute Gasteiger partial charge is 0.266 e. The molecule has 1 saturated carbocycles. The summed E-state index contributed by atoms with van der Waals surface area (Å²) in [6.45, 7) is 1.89. The van der Waals surface area contributed by atoms with Crippen LogP contribution in [0.25, 0.3) is 0 Å². The highest BCUT2D eigenvalue weighted by Gasteiger charge is 2.40. The molecule has 0 saturated heterocycles. The molecule has 1 aliphatic carbocycles. The molecule has 2 atom stereocenters. The van der Waals surface area contributed by atoms with Crippen molar-refractivity contribution in [2.24, 2.45) is 0 Å². The molecule has 2 aromatic carbocycles. The third-order valence-corrected chi connectivity index (χ3v) is 7.62. The molecule has 31 heavy (non-hydrogen) atoms. The van der Waals surface area contributed by atoms with Gasteiger partial charge in [0.1, 0.15) is 22.6 Å². The molecule has 6 nitrogen and oxygen atoms in total. The fourth-order valence-electron chi connectivity index (χ4n) is 4.06. The normalized spacial score (nSPS) is 21.6. The Hall–Kier alpha value is -2.59. The van der Waals surface area contributed by atoms with Crippen molar-refractivity contribution in [1.29, 1.82) is 0 Å². The summed E-state index contributed by atoms with van der Waals surface area (Å²) < 4.78 is 66.4. The van der Waals surface area contributed by atoms with E-state index in [1.165, 1.54) is 0 Å². The van der Waals surface area contributed by atoms with Gasteiger partial charge in [-0.2, -0.15) is 4.37 Å². The van der Waals surface area contributed by atoms with Crippen LogP contribution >= 0.6 is 11.5 Å². The van der Waals surface area contributed by atoms with E-state index in [0.717, 1.165) is 48.8 Å². The van der Waals surface area contributed by atoms with Gasteiger partial charge in [0.2, 0.25) is 5.13 Å². The van der Waals surface area contributed by atoms with E-state index in [1.807, 2.05) is 37.3 Å². The Bertz CT molecular complexity index is 1160. The van der Waals surface area contributed by atoms with Crippen molar-refractivity contribution in [2.75, 3.05) is 4.72 Å². The molecule has 0 aliphatic heterocycles. The molecule has 164 valence electrons. The molecule has 1 N–H and O–H groups in total. The van der Waals surface area contributed by atoms with Crippen LogP contribution in [0.1, 0.15) is 44.1 Å². The number of nitrogens with zero attached hydrogens (tertiary/aromatic N) is 2. The average Bonchev–Trinajstić information content (AvgIpc) is 3.23. The van der Waals surface area contributed by atoms with E-state index in [-0.39, 0.29) is 16.8 Å². The number of rotatable bonds is 6. The third kappa shape index (κ3) is 4.54. The van der Waals surface area contributed by atoms with Gasteiger partial charge in [-0.1, -0.05) is 36.8 Å². The van der Waals surface area contributed by atoms with Gasteiger partial charge in [0.15, 0.2) is 11.6 Å². The summed E-state index contributed by atoms with van der Waals surface area (Å²) in [6.07, 6.45) is 4.62. The van der Waals surface area contributed by atoms with Crippen molar-refractivity contribution in [3.63, 3.8) is 0 Å². The Kier molecular flexibility index (Phi) is 5.94. The van der Waals surface area contributed by atoms with Crippen molar-refractivity contribution in [3.8, 4) is 5.75 Å². The molecule has 1 aliphatic rings. The van der Waals surface area contributed by atoms with Crippen LogP contribution in [0.4, 0.5) is 13.9 Å². The molecule has 1 heterocycles. The minimum atomic E-state index is -4.37. The SMILES string of the molecule is C[C@]1(Oc2cc(F)c(S(=O)(=O)Nc3ncns3)cc2F)CCCC[C@@H]1c1ccccc1. The second-order valence-electron chi connectivity index (χ2n) is 7.69. The Labute approximate surface area is 183 Å². The Morgan fingerprint density at radius 2 is 1.94 bits per heavy atom. The number of benzene rings is 2. The third-order valence-electron chi connectivity index (χ3n) is 5.56. The molecule has 1 aromatic heterocycles. The summed E-state index contributed by atoms with van der Waals surface area (Å²) in [4.78, 5) is 2.88. The van der Waals surface area contributed by atoms with Gasteiger partial charge in [0, 0.05) is 29.6 Å². The zero-order valence-corrected chi connectivity index (χ0v) is 18.3. The lowest BCUT2D eigenvalue weighted by atomic mass is 9.73. The number of nitrogens with one attached hydrogen (secondary N) is 1. The largest absolute Gasteiger partial charge is 0.484 e. The highest BCUT2D eigenvalue weighted by molar-refractivity contribution is 7.93. The van der Waals surface area contributed by atoms with E-state index in [4.69, 9.17) is 4.74 Å². The number of aromatic nitrogens is 2. The van der Waals surface area contributed by atoms with Gasteiger partial charge in [-0.05, 0) is 31.7 Å². The first-order chi connectivity index (χ1) is 14.8. The summed E-state index contributed by atoms with van der Waals surface area (Å²) in [7, 11) is -4.37. The first-order valence-corrected chi connectivity index (χ1v) is 12.1. The highest BCUT2D eigenvalue weighted by Crippen LogP contribution is 2.44. The fourth-order valence-corrected chi connectivity index (χ4v) is 5.80. The lowest BCUT2D eigenvalue weighted by Gasteiger charge is -2.42. The lowest BCUT2D eigenvalue weighted by molar-refractivity contribution is 0.0221. The molecule has 1 fully saturated rings. The maximum Gasteiger partial charge on any atom is 0.266 e. The first-order valence-electron chi connectivity index (χ1n) is 9.81. The first kappa shape index (κ1) is 21.6. The summed E-state index contributed by atoms with van der Waals surface area (Å²) in [5, 5.41) is -0.0412. The number of ether oxygens (including phenoxy) is 1. The molecule has 3 aromatic rings. The van der Waals surface area contributed by atoms with Gasteiger partial charge in [-0.15, -0.1) is 0 Å². The summed E-state index contributed by atoms with van der Waals surface area (Å²) >= 11 is 0.786. The van der Waals surface area contributed by atoms with Crippen LogP contribution in [0.3, 0.4) is 0 Å². The number of anilines is 1. The van der Waals surface area contributed by atoms with E-state index in [9.17, 15) is 17.2 Å². The minimum absolute atomic E-state index is 0.00684. The van der Waals surface area contributed by atoms with E-state index >= 15 is 0 Å². The second kappa shape index (κ2) is 8.51. The second-order valence-corrected chi connectivity index (χ2v) is 10.1. The van der Waals surface area contributed by atoms with E-state index in [0.29, 0.717) is 12.5 Å². The monoisotopic (exact) mass is 465 g/mol. The molecule has 10 heteroatoms. The fraction of sp³-hybridized carbons (Fsp3) is 0.333. The molecule has 0 spiro atoms. The van der Waals surface area contributed by atoms with Crippen molar-refractivity contribution in [3.05, 3.63) is 66.0 Å². The number of hydrogen-bond donors (Lipinski definition) is 1. The van der Waals surface area contributed by atoms with Gasteiger partial charge < -0.3 is 4.74 Å².